The third kappa shape index (κ3) is 0.934. The zero-order valence-corrected chi connectivity index (χ0v) is 8.00. The van der Waals surface area contributed by atoms with E-state index in [9.17, 15) is 0 Å². The number of fused-ring (bicyclic) bond motifs is 1. The molecule has 0 aromatic rings. The largest absolute Gasteiger partial charge is 0.305 e. The minimum absolute atomic E-state index is 0.594. The molecule has 0 bridgehead atoms. The van der Waals surface area contributed by atoms with Crippen LogP contribution in [0.4, 0.5) is 0 Å². The summed E-state index contributed by atoms with van der Waals surface area (Å²) in [5, 5.41) is 4.19. The van der Waals surface area contributed by atoms with Crippen molar-refractivity contribution in [3.05, 3.63) is 0 Å². The minimum atomic E-state index is 0.594. The van der Waals surface area contributed by atoms with Crippen LogP contribution in [0.5, 0.6) is 0 Å². The highest BCUT2D eigenvalue weighted by atomic mass is 127. The topological polar surface area (TPSA) is 27.6 Å². The van der Waals surface area contributed by atoms with Crippen LogP contribution >= 0.6 is 22.9 Å². The Bertz CT molecular complexity index is 180. The quantitative estimate of drug-likeness (QED) is 0.504. The molecule has 3 nitrogen and oxygen atoms in total. The van der Waals surface area contributed by atoms with Gasteiger partial charge in [0, 0.05) is 47.6 Å². The Labute approximate surface area is 74.3 Å². The van der Waals surface area contributed by atoms with E-state index in [1.165, 1.54) is 5.71 Å². The SMILES string of the molecule is CC1=NNC2CN(I)CC12. The van der Waals surface area contributed by atoms with Crippen molar-refractivity contribution < 1.29 is 0 Å². The van der Waals surface area contributed by atoms with E-state index in [4.69, 9.17) is 0 Å². The van der Waals surface area contributed by atoms with Gasteiger partial charge in [-0.1, -0.05) is 0 Å². The molecule has 10 heavy (non-hydrogen) atoms. The number of nitrogens with one attached hydrogen (secondary N) is 1. The molecule has 1 saturated heterocycles. The highest BCUT2D eigenvalue weighted by molar-refractivity contribution is 14.1. The van der Waals surface area contributed by atoms with Crippen LogP contribution in [0.2, 0.25) is 0 Å². The molecule has 2 unspecified atom stereocenters. The van der Waals surface area contributed by atoms with Crippen molar-refractivity contribution in [1.29, 1.82) is 0 Å². The Hall–Kier alpha value is 0.160. The number of halogens is 1. The van der Waals surface area contributed by atoms with E-state index < -0.39 is 0 Å². The molecule has 2 atom stereocenters. The van der Waals surface area contributed by atoms with Crippen molar-refractivity contribution in [1.82, 2.24) is 8.54 Å². The fraction of sp³-hybridized carbons (Fsp3) is 0.833. The van der Waals surface area contributed by atoms with Crippen LogP contribution < -0.4 is 5.43 Å². The minimum Gasteiger partial charge on any atom is -0.305 e. The van der Waals surface area contributed by atoms with E-state index in [1.54, 1.807) is 0 Å². The molecule has 0 amide bonds. The van der Waals surface area contributed by atoms with Crippen LogP contribution in [-0.4, -0.2) is 28.0 Å². The standard InChI is InChI=1S/C6H10IN3/c1-4-5-2-10(7)3-6(5)9-8-4/h5-6,9H,2-3H2,1H3. The lowest BCUT2D eigenvalue weighted by molar-refractivity contribution is 0.549. The fourth-order valence-electron chi connectivity index (χ4n) is 1.58. The first kappa shape index (κ1) is 6.84. The van der Waals surface area contributed by atoms with Gasteiger partial charge >= 0.3 is 0 Å². The predicted molar refractivity (Wildman–Crippen MR) is 49.1 cm³/mol. The van der Waals surface area contributed by atoms with Gasteiger partial charge < -0.3 is 5.43 Å². The lowest BCUT2D eigenvalue weighted by Gasteiger charge is -2.04. The maximum atomic E-state index is 4.19. The fourth-order valence-corrected chi connectivity index (χ4v) is 2.43. The van der Waals surface area contributed by atoms with Crippen molar-refractivity contribution >= 4 is 28.6 Å². The van der Waals surface area contributed by atoms with E-state index in [1.807, 2.05) is 0 Å². The van der Waals surface area contributed by atoms with Crippen molar-refractivity contribution in [3.63, 3.8) is 0 Å². The van der Waals surface area contributed by atoms with Crippen molar-refractivity contribution in [3.8, 4) is 0 Å². The van der Waals surface area contributed by atoms with Gasteiger partial charge in [-0.2, -0.15) is 5.10 Å². The van der Waals surface area contributed by atoms with Crippen LogP contribution in [-0.2, 0) is 0 Å². The van der Waals surface area contributed by atoms with E-state index >= 15 is 0 Å². The number of hydrogen-bond acceptors (Lipinski definition) is 3. The Morgan fingerprint density at radius 2 is 2.50 bits per heavy atom. The molecule has 1 fully saturated rings. The highest BCUT2D eigenvalue weighted by Crippen LogP contribution is 2.24. The van der Waals surface area contributed by atoms with Crippen molar-refractivity contribution in [2.75, 3.05) is 13.1 Å². The number of hydrogen-bond donors (Lipinski definition) is 1. The molecular formula is C6H10IN3. The smallest absolute Gasteiger partial charge is 0.0668 e. The molecule has 2 aliphatic heterocycles. The van der Waals surface area contributed by atoms with Gasteiger partial charge in [-0.05, 0) is 6.92 Å². The second-order valence-electron chi connectivity index (χ2n) is 2.92. The summed E-state index contributed by atoms with van der Waals surface area (Å²) < 4.78 is 2.32. The van der Waals surface area contributed by atoms with Gasteiger partial charge in [0.05, 0.1) is 6.04 Å². The van der Waals surface area contributed by atoms with E-state index in [2.05, 4.69) is 43.4 Å². The van der Waals surface area contributed by atoms with Crippen LogP contribution in [0.25, 0.3) is 0 Å². The third-order valence-corrected chi connectivity index (χ3v) is 3.01. The van der Waals surface area contributed by atoms with Gasteiger partial charge in [-0.15, -0.1) is 0 Å². The van der Waals surface area contributed by atoms with E-state index in [0.717, 1.165) is 13.1 Å². The summed E-state index contributed by atoms with van der Waals surface area (Å²) in [5.41, 5.74) is 4.41. The lowest BCUT2D eigenvalue weighted by Crippen LogP contribution is -2.27. The third-order valence-electron chi connectivity index (χ3n) is 2.22. The maximum absolute atomic E-state index is 4.19. The summed E-state index contributed by atoms with van der Waals surface area (Å²) in [6, 6.07) is 0.594. The van der Waals surface area contributed by atoms with E-state index in [-0.39, 0.29) is 0 Å². The first-order chi connectivity index (χ1) is 4.77. The molecule has 4 heteroatoms. The van der Waals surface area contributed by atoms with Gasteiger partial charge in [0.25, 0.3) is 0 Å². The van der Waals surface area contributed by atoms with Gasteiger partial charge in [0.1, 0.15) is 0 Å². The first-order valence-corrected chi connectivity index (χ1v) is 4.44. The average Bonchev–Trinajstić information content (AvgIpc) is 2.35. The maximum Gasteiger partial charge on any atom is 0.0668 e. The Morgan fingerprint density at radius 3 is 3.20 bits per heavy atom. The highest BCUT2D eigenvalue weighted by Gasteiger charge is 2.36. The normalized spacial score (nSPS) is 39.2. The van der Waals surface area contributed by atoms with Gasteiger partial charge in [-0.3, -0.25) is 0 Å². The molecule has 2 aliphatic rings. The van der Waals surface area contributed by atoms with Crippen molar-refractivity contribution in [2.24, 2.45) is 11.0 Å². The molecule has 2 heterocycles. The predicted octanol–water partition coefficient (Wildman–Crippen LogP) is 0.616. The molecule has 0 aliphatic carbocycles. The second kappa shape index (κ2) is 2.34. The first-order valence-electron chi connectivity index (χ1n) is 3.48. The monoisotopic (exact) mass is 251 g/mol. The Morgan fingerprint density at radius 1 is 1.70 bits per heavy atom. The molecule has 0 aromatic heterocycles. The summed E-state index contributed by atoms with van der Waals surface area (Å²) in [4.78, 5) is 0. The molecule has 2 rings (SSSR count). The zero-order valence-electron chi connectivity index (χ0n) is 5.84. The number of hydrazone groups is 1. The molecule has 0 spiro atoms. The van der Waals surface area contributed by atoms with E-state index in [0.29, 0.717) is 12.0 Å². The van der Waals surface area contributed by atoms with Gasteiger partial charge in [0.2, 0.25) is 0 Å². The summed E-state index contributed by atoms with van der Waals surface area (Å²) in [7, 11) is 0. The second-order valence-corrected chi connectivity index (χ2v) is 4.29. The number of nitrogens with zero attached hydrogens (tertiary/aromatic N) is 2. The Balaban J connectivity index is 2.13. The molecule has 1 N–H and O–H groups in total. The number of rotatable bonds is 0. The molecule has 0 saturated carbocycles. The lowest BCUT2D eigenvalue weighted by atomic mass is 10.0. The van der Waals surface area contributed by atoms with Gasteiger partial charge in [-0.25, -0.2) is 3.11 Å². The average molecular weight is 251 g/mol. The van der Waals surface area contributed by atoms with Crippen molar-refractivity contribution in [2.45, 2.75) is 13.0 Å². The van der Waals surface area contributed by atoms with Crippen LogP contribution in [0.3, 0.4) is 0 Å². The van der Waals surface area contributed by atoms with Crippen LogP contribution in [0.15, 0.2) is 5.10 Å². The molecule has 0 aromatic carbocycles. The van der Waals surface area contributed by atoms with Crippen LogP contribution in [0, 0.1) is 5.92 Å². The van der Waals surface area contributed by atoms with Gasteiger partial charge in [0.15, 0.2) is 0 Å². The summed E-state index contributed by atoms with van der Waals surface area (Å²) >= 11 is 2.37. The molecule has 56 valence electrons. The van der Waals surface area contributed by atoms with Crippen LogP contribution in [0.1, 0.15) is 6.92 Å². The summed E-state index contributed by atoms with van der Waals surface area (Å²) in [6.07, 6.45) is 0. The zero-order chi connectivity index (χ0) is 7.14. The Kier molecular flexibility index (Phi) is 1.60. The summed E-state index contributed by atoms with van der Waals surface area (Å²) in [5.74, 6) is 0.678. The summed E-state index contributed by atoms with van der Waals surface area (Å²) in [6.45, 7) is 4.40. The molecule has 0 radical (unpaired) electrons. The molecular weight excluding hydrogens is 241 g/mol.